The van der Waals surface area contributed by atoms with Gasteiger partial charge in [0.15, 0.2) is 0 Å². The molecule has 0 saturated heterocycles. The van der Waals surface area contributed by atoms with Gasteiger partial charge in [0.05, 0.1) is 5.54 Å². The molecular formula is C15H23N3O2. The van der Waals surface area contributed by atoms with E-state index in [9.17, 15) is 9.59 Å². The van der Waals surface area contributed by atoms with Crippen LogP contribution in [0.4, 0.5) is 5.69 Å². The smallest absolute Gasteiger partial charge is 0.251 e. The number of rotatable bonds is 5. The van der Waals surface area contributed by atoms with Gasteiger partial charge in [0.2, 0.25) is 5.91 Å². The minimum absolute atomic E-state index is 0.141. The van der Waals surface area contributed by atoms with Crippen molar-refractivity contribution in [2.24, 2.45) is 11.7 Å². The van der Waals surface area contributed by atoms with Crippen LogP contribution in [0.25, 0.3) is 0 Å². The van der Waals surface area contributed by atoms with Crippen molar-refractivity contribution in [1.29, 1.82) is 0 Å². The molecule has 20 heavy (non-hydrogen) atoms. The number of anilines is 1. The van der Waals surface area contributed by atoms with Gasteiger partial charge in [-0.25, -0.2) is 0 Å². The molecule has 0 aliphatic rings. The number of carbonyl (C=O) groups excluding carboxylic acids is 2. The predicted molar refractivity (Wildman–Crippen MR) is 80.5 cm³/mol. The molecule has 1 atom stereocenters. The highest BCUT2D eigenvalue weighted by atomic mass is 16.2. The van der Waals surface area contributed by atoms with E-state index in [0.29, 0.717) is 17.8 Å². The Morgan fingerprint density at radius 2 is 1.80 bits per heavy atom. The molecule has 110 valence electrons. The van der Waals surface area contributed by atoms with Crippen molar-refractivity contribution >= 4 is 17.5 Å². The zero-order valence-corrected chi connectivity index (χ0v) is 12.5. The summed E-state index contributed by atoms with van der Waals surface area (Å²) in [5, 5.41) is 5.63. The number of nitrogens with one attached hydrogen (secondary N) is 2. The van der Waals surface area contributed by atoms with Gasteiger partial charge in [-0.1, -0.05) is 13.8 Å². The lowest BCUT2D eigenvalue weighted by Crippen LogP contribution is -2.55. The van der Waals surface area contributed by atoms with Crippen LogP contribution < -0.4 is 16.4 Å². The molecule has 0 heterocycles. The zero-order valence-electron chi connectivity index (χ0n) is 12.5. The fourth-order valence-electron chi connectivity index (χ4n) is 1.67. The first kappa shape index (κ1) is 16.2. The monoisotopic (exact) mass is 277 g/mol. The molecule has 5 heteroatoms. The summed E-state index contributed by atoms with van der Waals surface area (Å²) < 4.78 is 0. The summed E-state index contributed by atoms with van der Waals surface area (Å²) >= 11 is 0. The third-order valence-corrected chi connectivity index (χ3v) is 3.56. The summed E-state index contributed by atoms with van der Waals surface area (Å²) in [6, 6.07) is 6.76. The molecule has 0 aliphatic carbocycles. The first-order valence-corrected chi connectivity index (χ1v) is 6.68. The largest absolute Gasteiger partial charge is 0.345 e. The number of carbonyl (C=O) groups is 2. The van der Waals surface area contributed by atoms with Crippen LogP contribution in [0, 0.1) is 5.92 Å². The SMILES string of the molecule is CC(=O)Nc1ccc(C(=O)NC(C)(CN)C(C)C)cc1. The highest BCUT2D eigenvalue weighted by molar-refractivity contribution is 5.95. The van der Waals surface area contributed by atoms with E-state index >= 15 is 0 Å². The average molecular weight is 277 g/mol. The predicted octanol–water partition coefficient (Wildman–Crippen LogP) is 1.75. The number of hydrogen-bond donors (Lipinski definition) is 3. The Morgan fingerprint density at radius 3 is 2.20 bits per heavy atom. The van der Waals surface area contributed by atoms with Crippen molar-refractivity contribution < 1.29 is 9.59 Å². The molecule has 1 rings (SSSR count). The van der Waals surface area contributed by atoms with E-state index in [1.807, 2.05) is 20.8 Å². The Labute approximate surface area is 119 Å². The Kier molecular flexibility index (Phi) is 5.27. The Hall–Kier alpha value is -1.88. The Balaban J connectivity index is 2.80. The van der Waals surface area contributed by atoms with Crippen molar-refractivity contribution in [3.8, 4) is 0 Å². The third-order valence-electron chi connectivity index (χ3n) is 3.56. The van der Waals surface area contributed by atoms with Gasteiger partial charge < -0.3 is 16.4 Å². The first-order valence-electron chi connectivity index (χ1n) is 6.68. The molecule has 0 spiro atoms. The molecular weight excluding hydrogens is 254 g/mol. The minimum Gasteiger partial charge on any atom is -0.345 e. The fraction of sp³-hybridized carbons (Fsp3) is 0.467. The Morgan fingerprint density at radius 1 is 1.25 bits per heavy atom. The molecule has 1 unspecified atom stereocenters. The molecule has 1 aromatic carbocycles. The topological polar surface area (TPSA) is 84.2 Å². The van der Waals surface area contributed by atoms with E-state index in [1.54, 1.807) is 24.3 Å². The van der Waals surface area contributed by atoms with Crippen LogP contribution in [0.3, 0.4) is 0 Å². The van der Waals surface area contributed by atoms with E-state index in [0.717, 1.165) is 0 Å². The second-order valence-electron chi connectivity index (χ2n) is 5.49. The van der Waals surface area contributed by atoms with Crippen LogP contribution in [0.1, 0.15) is 38.1 Å². The summed E-state index contributed by atoms with van der Waals surface area (Å²) in [5.74, 6) is -0.0751. The lowest BCUT2D eigenvalue weighted by atomic mass is 9.88. The normalized spacial score (nSPS) is 13.7. The molecule has 0 aromatic heterocycles. The lowest BCUT2D eigenvalue weighted by Gasteiger charge is -2.33. The van der Waals surface area contributed by atoms with Crippen molar-refractivity contribution in [3.05, 3.63) is 29.8 Å². The minimum atomic E-state index is -0.437. The van der Waals surface area contributed by atoms with Gasteiger partial charge >= 0.3 is 0 Å². The second kappa shape index (κ2) is 6.52. The summed E-state index contributed by atoms with van der Waals surface area (Å²) in [6.45, 7) is 7.79. The van der Waals surface area contributed by atoms with Crippen molar-refractivity contribution in [2.75, 3.05) is 11.9 Å². The molecule has 1 aromatic rings. The zero-order chi connectivity index (χ0) is 15.3. The average Bonchev–Trinajstić information content (AvgIpc) is 2.38. The van der Waals surface area contributed by atoms with E-state index in [2.05, 4.69) is 10.6 Å². The number of nitrogens with two attached hydrogens (primary N) is 1. The van der Waals surface area contributed by atoms with Crippen LogP contribution in [-0.2, 0) is 4.79 Å². The Bertz CT molecular complexity index is 482. The summed E-state index contributed by atoms with van der Waals surface area (Å²) in [5.41, 5.74) is 6.52. The van der Waals surface area contributed by atoms with Gasteiger partial charge in [0.1, 0.15) is 0 Å². The second-order valence-corrected chi connectivity index (χ2v) is 5.49. The third kappa shape index (κ3) is 4.06. The molecule has 0 bridgehead atoms. The molecule has 2 amide bonds. The molecule has 0 saturated carbocycles. The van der Waals surface area contributed by atoms with Crippen molar-refractivity contribution in [1.82, 2.24) is 5.32 Å². The molecule has 5 nitrogen and oxygen atoms in total. The van der Waals surface area contributed by atoms with Crippen LogP contribution >= 0.6 is 0 Å². The summed E-state index contributed by atoms with van der Waals surface area (Å²) in [4.78, 5) is 23.1. The van der Waals surface area contributed by atoms with Crippen molar-refractivity contribution in [2.45, 2.75) is 33.2 Å². The highest BCUT2D eigenvalue weighted by Crippen LogP contribution is 2.16. The van der Waals surface area contributed by atoms with E-state index in [1.165, 1.54) is 6.92 Å². The van der Waals surface area contributed by atoms with Gasteiger partial charge in [0.25, 0.3) is 5.91 Å². The first-order chi connectivity index (χ1) is 9.28. The van der Waals surface area contributed by atoms with Crippen LogP contribution in [0.15, 0.2) is 24.3 Å². The van der Waals surface area contributed by atoms with Gasteiger partial charge in [-0.05, 0) is 37.1 Å². The molecule has 0 aliphatic heterocycles. The lowest BCUT2D eigenvalue weighted by molar-refractivity contribution is -0.114. The van der Waals surface area contributed by atoms with Gasteiger partial charge in [-0.3, -0.25) is 9.59 Å². The summed E-state index contributed by atoms with van der Waals surface area (Å²) in [6.07, 6.45) is 0. The number of benzene rings is 1. The van der Waals surface area contributed by atoms with E-state index in [4.69, 9.17) is 5.73 Å². The highest BCUT2D eigenvalue weighted by Gasteiger charge is 2.28. The van der Waals surface area contributed by atoms with Crippen molar-refractivity contribution in [3.63, 3.8) is 0 Å². The van der Waals surface area contributed by atoms with Gasteiger partial charge in [0, 0.05) is 24.7 Å². The van der Waals surface area contributed by atoms with Crippen LogP contribution in [0.2, 0.25) is 0 Å². The standard InChI is InChI=1S/C15H23N3O2/c1-10(2)15(4,9-16)18-14(20)12-5-7-13(8-6-12)17-11(3)19/h5-8,10H,9,16H2,1-4H3,(H,17,19)(H,18,20). The van der Waals surface area contributed by atoms with E-state index < -0.39 is 5.54 Å². The summed E-state index contributed by atoms with van der Waals surface area (Å²) in [7, 11) is 0. The van der Waals surface area contributed by atoms with Crippen LogP contribution in [0.5, 0.6) is 0 Å². The number of amides is 2. The maximum atomic E-state index is 12.2. The maximum absolute atomic E-state index is 12.2. The molecule has 0 radical (unpaired) electrons. The van der Waals surface area contributed by atoms with Gasteiger partial charge in [-0.2, -0.15) is 0 Å². The van der Waals surface area contributed by atoms with Gasteiger partial charge in [-0.15, -0.1) is 0 Å². The van der Waals surface area contributed by atoms with Crippen LogP contribution in [-0.4, -0.2) is 23.9 Å². The fourth-order valence-corrected chi connectivity index (χ4v) is 1.67. The van der Waals surface area contributed by atoms with E-state index in [-0.39, 0.29) is 17.7 Å². The molecule has 4 N–H and O–H groups in total. The maximum Gasteiger partial charge on any atom is 0.251 e. The quantitative estimate of drug-likeness (QED) is 0.766. The molecule has 0 fully saturated rings. The number of hydrogen-bond acceptors (Lipinski definition) is 3.